The highest BCUT2D eigenvalue weighted by Gasteiger charge is 2.25. The first-order valence-corrected chi connectivity index (χ1v) is 6.15. The van der Waals surface area contributed by atoms with Crippen LogP contribution in [0.15, 0.2) is 0 Å². The summed E-state index contributed by atoms with van der Waals surface area (Å²) in [5, 5.41) is 9.02. The molecule has 0 radical (unpaired) electrons. The summed E-state index contributed by atoms with van der Waals surface area (Å²) < 4.78 is 6.06. The largest absolute Gasteiger partial charge is 0.396 e. The highest BCUT2D eigenvalue weighted by molar-refractivity contribution is 4.75. The van der Waals surface area contributed by atoms with Crippen molar-refractivity contribution >= 4 is 0 Å². The maximum atomic E-state index is 9.02. The minimum Gasteiger partial charge on any atom is -0.396 e. The van der Waals surface area contributed by atoms with Gasteiger partial charge in [0.1, 0.15) is 0 Å². The van der Waals surface area contributed by atoms with Gasteiger partial charge >= 0.3 is 0 Å². The molecule has 0 atom stereocenters. The maximum Gasteiger partial charge on any atom is 0.0579 e. The zero-order valence-electron chi connectivity index (χ0n) is 8.95. The molecule has 0 aliphatic heterocycles. The van der Waals surface area contributed by atoms with Crippen molar-refractivity contribution in [1.82, 2.24) is 0 Å². The minimum absolute atomic E-state index is 0.371. The van der Waals surface area contributed by atoms with E-state index < -0.39 is 0 Å². The minimum atomic E-state index is 0.371. The average molecular weight is 198 g/mol. The van der Waals surface area contributed by atoms with E-state index in [9.17, 15) is 0 Å². The Morgan fingerprint density at radius 2 is 1.43 bits per heavy atom. The molecule has 0 aromatic rings. The van der Waals surface area contributed by atoms with Crippen LogP contribution < -0.4 is 0 Å². The Morgan fingerprint density at radius 3 is 2.00 bits per heavy atom. The zero-order valence-corrected chi connectivity index (χ0v) is 8.95. The Hall–Kier alpha value is -0.0800. The second-order valence-electron chi connectivity index (χ2n) is 4.87. The molecule has 2 aliphatic rings. The summed E-state index contributed by atoms with van der Waals surface area (Å²) in [4.78, 5) is 0. The van der Waals surface area contributed by atoms with Crippen LogP contribution in [-0.2, 0) is 4.74 Å². The molecule has 0 amide bonds. The molecule has 0 aromatic heterocycles. The molecular formula is C12H22O2. The van der Waals surface area contributed by atoms with Gasteiger partial charge in [0, 0.05) is 6.61 Å². The Labute approximate surface area is 86.6 Å². The maximum absolute atomic E-state index is 9.02. The van der Waals surface area contributed by atoms with E-state index in [0.717, 1.165) is 12.8 Å². The lowest BCUT2D eigenvalue weighted by atomic mass is 9.88. The summed E-state index contributed by atoms with van der Waals surface area (Å²) in [5.74, 6) is 0.554. The fourth-order valence-corrected chi connectivity index (χ4v) is 2.75. The van der Waals surface area contributed by atoms with E-state index in [1.54, 1.807) is 0 Å². The van der Waals surface area contributed by atoms with Gasteiger partial charge in [-0.1, -0.05) is 12.8 Å². The third-order valence-corrected chi connectivity index (χ3v) is 3.74. The van der Waals surface area contributed by atoms with Crippen LogP contribution in [0.25, 0.3) is 0 Å². The first kappa shape index (κ1) is 10.4. The zero-order chi connectivity index (χ0) is 9.80. The van der Waals surface area contributed by atoms with Crippen LogP contribution in [0, 0.1) is 5.92 Å². The van der Waals surface area contributed by atoms with E-state index in [1.807, 2.05) is 0 Å². The van der Waals surface area contributed by atoms with Crippen molar-refractivity contribution in [2.75, 3.05) is 6.61 Å². The molecule has 0 spiro atoms. The van der Waals surface area contributed by atoms with Gasteiger partial charge in [-0.15, -0.1) is 0 Å². The van der Waals surface area contributed by atoms with Gasteiger partial charge in [0.05, 0.1) is 12.2 Å². The molecule has 0 aromatic carbocycles. The Morgan fingerprint density at radius 1 is 0.857 bits per heavy atom. The predicted octanol–water partition coefficient (Wildman–Crippen LogP) is 2.50. The molecule has 82 valence electrons. The summed E-state index contributed by atoms with van der Waals surface area (Å²) in [6.45, 7) is 0.371. The number of hydrogen-bond donors (Lipinski definition) is 1. The van der Waals surface area contributed by atoms with Crippen LogP contribution in [0.2, 0.25) is 0 Å². The van der Waals surface area contributed by atoms with Crippen molar-refractivity contribution in [2.45, 2.75) is 63.6 Å². The van der Waals surface area contributed by atoms with Gasteiger partial charge < -0.3 is 9.84 Å². The number of aliphatic hydroxyl groups is 1. The smallest absolute Gasteiger partial charge is 0.0579 e. The monoisotopic (exact) mass is 198 g/mol. The second-order valence-corrected chi connectivity index (χ2v) is 4.87. The highest BCUT2D eigenvalue weighted by Crippen LogP contribution is 2.30. The first-order valence-electron chi connectivity index (χ1n) is 6.15. The number of rotatable bonds is 3. The number of aliphatic hydroxyl groups excluding tert-OH is 1. The van der Waals surface area contributed by atoms with Gasteiger partial charge in [-0.05, 0) is 44.4 Å². The quantitative estimate of drug-likeness (QED) is 0.755. The molecule has 0 heterocycles. The van der Waals surface area contributed by atoms with Crippen LogP contribution in [0.4, 0.5) is 0 Å². The van der Waals surface area contributed by atoms with Gasteiger partial charge in [-0.2, -0.15) is 0 Å². The van der Waals surface area contributed by atoms with Crippen LogP contribution in [0.5, 0.6) is 0 Å². The van der Waals surface area contributed by atoms with Gasteiger partial charge in [0.15, 0.2) is 0 Å². The first-order chi connectivity index (χ1) is 6.88. The molecule has 2 fully saturated rings. The third-order valence-electron chi connectivity index (χ3n) is 3.74. The molecule has 2 heteroatoms. The molecular weight excluding hydrogens is 176 g/mol. The Bertz CT molecular complexity index is 156. The standard InChI is InChI=1S/C12H22O2/c13-9-10-5-7-12(8-6-10)14-11-3-1-2-4-11/h10-13H,1-9H2. The van der Waals surface area contributed by atoms with E-state index in [2.05, 4.69) is 0 Å². The van der Waals surface area contributed by atoms with E-state index >= 15 is 0 Å². The van der Waals surface area contributed by atoms with E-state index in [1.165, 1.54) is 38.5 Å². The summed E-state index contributed by atoms with van der Waals surface area (Å²) in [5.41, 5.74) is 0. The lowest BCUT2D eigenvalue weighted by Gasteiger charge is -2.29. The highest BCUT2D eigenvalue weighted by atomic mass is 16.5. The molecule has 2 saturated carbocycles. The Balaban J connectivity index is 1.67. The van der Waals surface area contributed by atoms with Crippen molar-refractivity contribution in [3.8, 4) is 0 Å². The van der Waals surface area contributed by atoms with E-state index in [0.29, 0.717) is 24.7 Å². The molecule has 0 unspecified atom stereocenters. The summed E-state index contributed by atoms with van der Waals surface area (Å²) in [7, 11) is 0. The molecule has 2 rings (SSSR count). The van der Waals surface area contributed by atoms with Gasteiger partial charge in [0.2, 0.25) is 0 Å². The molecule has 0 saturated heterocycles. The van der Waals surface area contributed by atoms with Crippen molar-refractivity contribution in [1.29, 1.82) is 0 Å². The molecule has 2 aliphatic carbocycles. The predicted molar refractivity (Wildman–Crippen MR) is 56.2 cm³/mol. The average Bonchev–Trinajstić information content (AvgIpc) is 2.72. The second kappa shape index (κ2) is 5.13. The van der Waals surface area contributed by atoms with Crippen LogP contribution in [0.1, 0.15) is 51.4 Å². The van der Waals surface area contributed by atoms with Crippen molar-refractivity contribution in [3.63, 3.8) is 0 Å². The molecule has 2 nitrogen and oxygen atoms in total. The van der Waals surface area contributed by atoms with E-state index in [4.69, 9.17) is 9.84 Å². The van der Waals surface area contributed by atoms with Crippen molar-refractivity contribution in [2.24, 2.45) is 5.92 Å². The number of hydrogen-bond acceptors (Lipinski definition) is 2. The number of ether oxygens (including phenoxy) is 1. The fraction of sp³-hybridized carbons (Fsp3) is 1.00. The van der Waals surface area contributed by atoms with Crippen LogP contribution in [-0.4, -0.2) is 23.9 Å². The van der Waals surface area contributed by atoms with Crippen LogP contribution >= 0.6 is 0 Å². The van der Waals surface area contributed by atoms with Gasteiger partial charge in [-0.25, -0.2) is 0 Å². The van der Waals surface area contributed by atoms with Crippen LogP contribution in [0.3, 0.4) is 0 Å². The van der Waals surface area contributed by atoms with Crippen molar-refractivity contribution in [3.05, 3.63) is 0 Å². The topological polar surface area (TPSA) is 29.5 Å². The normalized spacial score (nSPS) is 34.9. The van der Waals surface area contributed by atoms with Gasteiger partial charge in [0.25, 0.3) is 0 Å². The molecule has 14 heavy (non-hydrogen) atoms. The molecule has 1 N–H and O–H groups in total. The third kappa shape index (κ3) is 2.71. The lowest BCUT2D eigenvalue weighted by Crippen LogP contribution is -2.26. The Kier molecular flexibility index (Phi) is 3.82. The SMILES string of the molecule is OCC1CCC(OC2CCCC2)CC1. The summed E-state index contributed by atoms with van der Waals surface area (Å²) in [6.07, 6.45) is 11.0. The molecule has 0 bridgehead atoms. The fourth-order valence-electron chi connectivity index (χ4n) is 2.75. The lowest BCUT2D eigenvalue weighted by molar-refractivity contribution is -0.0363. The van der Waals surface area contributed by atoms with Gasteiger partial charge in [-0.3, -0.25) is 0 Å². The summed E-state index contributed by atoms with van der Waals surface area (Å²) >= 11 is 0. The van der Waals surface area contributed by atoms with E-state index in [-0.39, 0.29) is 0 Å². The van der Waals surface area contributed by atoms with Crippen molar-refractivity contribution < 1.29 is 9.84 Å². The summed E-state index contributed by atoms with van der Waals surface area (Å²) in [6, 6.07) is 0.